The van der Waals surface area contributed by atoms with Gasteiger partial charge in [0.25, 0.3) is 0 Å². The first-order valence-electron chi connectivity index (χ1n) is 5.86. The normalized spacial score (nSPS) is 10.2. The third-order valence-electron chi connectivity index (χ3n) is 3.10. The van der Waals surface area contributed by atoms with Crippen molar-refractivity contribution < 1.29 is 13.9 Å². The lowest BCUT2D eigenvalue weighted by Gasteiger charge is -2.12. The molecule has 0 aliphatic heterocycles. The van der Waals surface area contributed by atoms with Crippen LogP contribution >= 0.6 is 22.6 Å². The lowest BCUT2D eigenvalue weighted by Crippen LogP contribution is -2.12. The van der Waals surface area contributed by atoms with Gasteiger partial charge in [0.05, 0.1) is 24.0 Å². The van der Waals surface area contributed by atoms with Gasteiger partial charge in [0, 0.05) is 15.3 Å². The largest absolute Gasteiger partial charge is 0.464 e. The quantitative estimate of drug-likeness (QED) is 0.622. The van der Waals surface area contributed by atoms with Gasteiger partial charge in [-0.3, -0.25) is 0 Å². The predicted octanol–water partition coefficient (Wildman–Crippen LogP) is 2.77. The van der Waals surface area contributed by atoms with Crippen LogP contribution in [0.3, 0.4) is 0 Å². The minimum Gasteiger partial charge on any atom is -0.464 e. The Morgan fingerprint density at radius 2 is 2.19 bits per heavy atom. The molecule has 0 radical (unpaired) electrons. The van der Waals surface area contributed by atoms with Gasteiger partial charge in [-0.05, 0) is 41.6 Å². The number of nitriles is 1. The van der Waals surface area contributed by atoms with E-state index in [1.807, 2.05) is 28.7 Å². The second kappa shape index (κ2) is 5.73. The van der Waals surface area contributed by atoms with Crippen molar-refractivity contribution in [3.05, 3.63) is 44.5 Å². The van der Waals surface area contributed by atoms with Gasteiger partial charge >= 0.3 is 5.97 Å². The van der Waals surface area contributed by atoms with Crippen LogP contribution in [-0.2, 0) is 4.74 Å². The molecule has 0 saturated carbocycles. The first-order valence-corrected chi connectivity index (χ1v) is 6.94. The highest BCUT2D eigenvalue weighted by atomic mass is 127. The van der Waals surface area contributed by atoms with Crippen LogP contribution in [-0.4, -0.2) is 17.6 Å². The Bertz CT molecular complexity index is 778. The van der Waals surface area contributed by atoms with E-state index in [1.165, 1.54) is 30.0 Å². The number of nitrogens with two attached hydrogens (primary N) is 1. The van der Waals surface area contributed by atoms with Crippen LogP contribution < -0.4 is 5.73 Å². The fraction of sp³-hybridized carbons (Fsp3) is 0.143. The molecule has 2 aromatic rings. The van der Waals surface area contributed by atoms with Crippen LogP contribution in [0.5, 0.6) is 0 Å². The number of anilines is 1. The molecule has 1 aromatic heterocycles. The molecular weight excluding hydrogens is 388 g/mol. The van der Waals surface area contributed by atoms with E-state index in [2.05, 4.69) is 0 Å². The minimum atomic E-state index is -0.660. The van der Waals surface area contributed by atoms with E-state index in [0.29, 0.717) is 14.8 Å². The first-order chi connectivity index (χ1) is 9.92. The number of benzene rings is 1. The van der Waals surface area contributed by atoms with E-state index in [-0.39, 0.29) is 22.8 Å². The third kappa shape index (κ3) is 2.47. The molecule has 1 heterocycles. The van der Waals surface area contributed by atoms with Gasteiger partial charge in [-0.1, -0.05) is 0 Å². The number of methoxy groups -OCH3 is 1. The second-order valence-corrected chi connectivity index (χ2v) is 5.36. The third-order valence-corrected chi connectivity index (χ3v) is 4.46. The Labute approximate surface area is 134 Å². The number of hydrogen-bond acceptors (Lipinski definition) is 4. The van der Waals surface area contributed by atoms with E-state index in [9.17, 15) is 9.18 Å². The molecule has 0 unspecified atom stereocenters. The van der Waals surface area contributed by atoms with Crippen molar-refractivity contribution >= 4 is 34.2 Å². The van der Waals surface area contributed by atoms with Gasteiger partial charge in [-0.2, -0.15) is 5.26 Å². The Balaban J connectivity index is 2.79. The fourth-order valence-corrected chi connectivity index (χ4v) is 2.64. The topological polar surface area (TPSA) is 81.0 Å². The highest BCUT2D eigenvalue weighted by molar-refractivity contribution is 14.1. The van der Waals surface area contributed by atoms with Crippen molar-refractivity contribution in [1.82, 2.24) is 4.57 Å². The summed E-state index contributed by atoms with van der Waals surface area (Å²) in [5.74, 6) is -1.00. The molecule has 21 heavy (non-hydrogen) atoms. The molecule has 0 bridgehead atoms. The summed E-state index contributed by atoms with van der Waals surface area (Å²) in [5, 5.41) is 9.07. The van der Waals surface area contributed by atoms with Crippen LogP contribution in [0.15, 0.2) is 18.3 Å². The molecule has 0 amide bonds. The van der Waals surface area contributed by atoms with Crippen LogP contribution in [0.2, 0.25) is 0 Å². The Morgan fingerprint density at radius 1 is 1.52 bits per heavy atom. The molecule has 2 N–H and O–H groups in total. The van der Waals surface area contributed by atoms with Crippen LogP contribution in [0.4, 0.5) is 10.1 Å². The fourth-order valence-electron chi connectivity index (χ4n) is 1.94. The van der Waals surface area contributed by atoms with Crippen LogP contribution in [0, 0.1) is 27.6 Å². The average Bonchev–Trinajstić information content (AvgIpc) is 2.80. The summed E-state index contributed by atoms with van der Waals surface area (Å²) in [7, 11) is 1.23. The SMILES string of the molecule is COC(=O)c1c(N)c(C#N)cn1-c1ccc(F)c(C)c1I. The molecular formula is C14H11FIN3O2. The number of rotatable bonds is 2. The van der Waals surface area contributed by atoms with E-state index in [0.717, 1.165) is 0 Å². The maximum absolute atomic E-state index is 13.6. The molecule has 0 spiro atoms. The molecule has 0 fully saturated rings. The van der Waals surface area contributed by atoms with E-state index < -0.39 is 5.97 Å². The monoisotopic (exact) mass is 399 g/mol. The average molecular weight is 399 g/mol. The lowest BCUT2D eigenvalue weighted by atomic mass is 10.2. The van der Waals surface area contributed by atoms with Crippen LogP contribution in [0.25, 0.3) is 5.69 Å². The molecule has 0 saturated heterocycles. The van der Waals surface area contributed by atoms with Gasteiger partial charge in [0.2, 0.25) is 0 Å². The lowest BCUT2D eigenvalue weighted by molar-refractivity contribution is 0.0593. The standard InChI is InChI=1S/C14H11FIN3O2/c1-7-9(15)3-4-10(11(7)16)19-6-8(5-17)12(18)13(19)14(20)21-2/h3-4,6H,18H2,1-2H3. The Hall–Kier alpha value is -2.08. The molecule has 2 rings (SSSR count). The summed E-state index contributed by atoms with van der Waals surface area (Å²) < 4.78 is 20.3. The molecule has 5 nitrogen and oxygen atoms in total. The molecule has 108 valence electrons. The Morgan fingerprint density at radius 3 is 2.76 bits per heavy atom. The van der Waals surface area contributed by atoms with Crippen molar-refractivity contribution in [3.63, 3.8) is 0 Å². The smallest absolute Gasteiger partial charge is 0.357 e. The maximum atomic E-state index is 13.6. The molecule has 0 aliphatic rings. The molecule has 7 heteroatoms. The summed E-state index contributed by atoms with van der Waals surface area (Å²) in [4.78, 5) is 11.9. The van der Waals surface area contributed by atoms with Crippen molar-refractivity contribution in [2.45, 2.75) is 6.92 Å². The van der Waals surface area contributed by atoms with Gasteiger partial charge in [-0.15, -0.1) is 0 Å². The highest BCUT2D eigenvalue weighted by Crippen LogP contribution is 2.29. The number of hydrogen-bond donors (Lipinski definition) is 1. The molecule has 0 aliphatic carbocycles. The number of carbonyl (C=O) groups is 1. The van der Waals surface area contributed by atoms with Crippen molar-refractivity contribution in [2.75, 3.05) is 12.8 Å². The number of nitrogen functional groups attached to an aromatic ring is 1. The summed E-state index contributed by atoms with van der Waals surface area (Å²) in [5.41, 5.74) is 7.10. The number of aromatic nitrogens is 1. The van der Waals surface area contributed by atoms with Gasteiger partial charge < -0.3 is 15.0 Å². The van der Waals surface area contributed by atoms with E-state index >= 15 is 0 Å². The van der Waals surface area contributed by atoms with Crippen LogP contribution in [0.1, 0.15) is 21.6 Å². The number of halogens is 2. The first kappa shape index (κ1) is 15.3. The Kier molecular flexibility index (Phi) is 4.18. The van der Waals surface area contributed by atoms with Crippen molar-refractivity contribution in [1.29, 1.82) is 5.26 Å². The maximum Gasteiger partial charge on any atom is 0.357 e. The molecule has 1 aromatic carbocycles. The highest BCUT2D eigenvalue weighted by Gasteiger charge is 2.23. The summed E-state index contributed by atoms with van der Waals surface area (Å²) in [6.07, 6.45) is 1.44. The zero-order chi connectivity index (χ0) is 15.7. The summed E-state index contributed by atoms with van der Waals surface area (Å²) in [6.45, 7) is 1.64. The van der Waals surface area contributed by atoms with Gasteiger partial charge in [0.15, 0.2) is 5.69 Å². The number of esters is 1. The zero-order valence-electron chi connectivity index (χ0n) is 11.3. The van der Waals surface area contributed by atoms with E-state index in [1.54, 1.807) is 6.92 Å². The van der Waals surface area contributed by atoms with Crippen molar-refractivity contribution in [3.8, 4) is 11.8 Å². The second-order valence-electron chi connectivity index (χ2n) is 4.28. The van der Waals surface area contributed by atoms with Gasteiger partial charge in [-0.25, -0.2) is 9.18 Å². The molecule has 0 atom stereocenters. The predicted molar refractivity (Wildman–Crippen MR) is 83.6 cm³/mol. The minimum absolute atomic E-state index is 0.0436. The van der Waals surface area contributed by atoms with E-state index in [4.69, 9.17) is 15.7 Å². The summed E-state index contributed by atoms with van der Waals surface area (Å²) in [6, 6.07) is 4.75. The van der Waals surface area contributed by atoms with Crippen molar-refractivity contribution in [2.24, 2.45) is 0 Å². The summed E-state index contributed by atoms with van der Waals surface area (Å²) >= 11 is 1.98. The number of carbonyl (C=O) groups excluding carboxylic acids is 1. The number of nitrogens with zero attached hydrogens (tertiary/aromatic N) is 2. The number of ether oxygens (including phenoxy) is 1. The van der Waals surface area contributed by atoms with Gasteiger partial charge in [0.1, 0.15) is 11.9 Å². The zero-order valence-corrected chi connectivity index (χ0v) is 13.4.